The lowest BCUT2D eigenvalue weighted by molar-refractivity contribution is -0.115. The number of ketones is 2. The number of carbonyl (C=O) groups excluding carboxylic acids is 2. The Bertz CT molecular complexity index is 488. The normalized spacial score (nSPS) is 15.1. The van der Waals surface area contributed by atoms with Crippen LogP contribution in [0.3, 0.4) is 0 Å². The van der Waals surface area contributed by atoms with Gasteiger partial charge in [0.25, 0.3) is 0 Å². The number of allylic oxidation sites excluding steroid dienone is 4. The van der Waals surface area contributed by atoms with Gasteiger partial charge in [0.2, 0.25) is 0 Å². The molecular formula is C22H35BrO2. The van der Waals surface area contributed by atoms with E-state index >= 15 is 0 Å². The van der Waals surface area contributed by atoms with Crippen LogP contribution in [-0.2, 0) is 9.59 Å². The molecule has 0 atom stereocenters. The molecule has 0 radical (unpaired) electrons. The van der Waals surface area contributed by atoms with Crippen LogP contribution in [0.1, 0.15) is 104 Å². The van der Waals surface area contributed by atoms with Gasteiger partial charge in [-0.05, 0) is 47.7 Å². The standard InChI is InChI=1S/C22H35BrO2/c1-3-5-7-9-11-13-15-18-17-20(24)19(21(23)22(18)25)16-14-12-10-8-6-4-2/h17H,3-16H2,1-2H3. The minimum Gasteiger partial charge on any atom is -0.290 e. The number of rotatable bonds is 14. The average Bonchev–Trinajstić information content (AvgIpc) is 2.60. The van der Waals surface area contributed by atoms with E-state index in [1.807, 2.05) is 0 Å². The highest BCUT2D eigenvalue weighted by atomic mass is 79.9. The fraction of sp³-hybridized carbons (Fsp3) is 0.727. The molecule has 0 aromatic carbocycles. The second-order valence-corrected chi connectivity index (χ2v) is 7.98. The van der Waals surface area contributed by atoms with Crippen molar-refractivity contribution in [3.8, 4) is 0 Å². The monoisotopic (exact) mass is 410 g/mol. The Morgan fingerprint density at radius 3 is 1.76 bits per heavy atom. The van der Waals surface area contributed by atoms with Crippen molar-refractivity contribution in [1.29, 1.82) is 0 Å². The van der Waals surface area contributed by atoms with Gasteiger partial charge in [0.15, 0.2) is 11.6 Å². The van der Waals surface area contributed by atoms with E-state index in [0.717, 1.165) is 38.5 Å². The highest BCUT2D eigenvalue weighted by Crippen LogP contribution is 2.30. The van der Waals surface area contributed by atoms with Crippen molar-refractivity contribution >= 4 is 27.5 Å². The van der Waals surface area contributed by atoms with E-state index in [-0.39, 0.29) is 11.6 Å². The summed E-state index contributed by atoms with van der Waals surface area (Å²) < 4.78 is 0.523. The second kappa shape index (κ2) is 13.5. The van der Waals surface area contributed by atoms with Crippen molar-refractivity contribution in [2.24, 2.45) is 0 Å². The maximum atomic E-state index is 12.5. The predicted molar refractivity (Wildman–Crippen MR) is 110 cm³/mol. The lowest BCUT2D eigenvalue weighted by Gasteiger charge is -2.15. The van der Waals surface area contributed by atoms with E-state index < -0.39 is 0 Å². The van der Waals surface area contributed by atoms with Crippen molar-refractivity contribution in [3.05, 3.63) is 21.7 Å². The highest BCUT2D eigenvalue weighted by Gasteiger charge is 2.25. The maximum Gasteiger partial charge on any atom is 0.196 e. The van der Waals surface area contributed by atoms with Crippen LogP contribution in [0.5, 0.6) is 0 Å². The minimum absolute atomic E-state index is 0.0362. The van der Waals surface area contributed by atoms with Crippen molar-refractivity contribution in [2.45, 2.75) is 104 Å². The zero-order valence-corrected chi connectivity index (χ0v) is 17.8. The summed E-state index contributed by atoms with van der Waals surface area (Å²) >= 11 is 3.41. The molecule has 1 aliphatic rings. The molecule has 0 bridgehead atoms. The molecule has 0 spiro atoms. The number of hydrogen-bond acceptors (Lipinski definition) is 2. The van der Waals surface area contributed by atoms with Crippen LogP contribution in [0.25, 0.3) is 0 Å². The Hall–Kier alpha value is -0.700. The molecule has 0 aliphatic heterocycles. The van der Waals surface area contributed by atoms with Gasteiger partial charge in [-0.2, -0.15) is 0 Å². The van der Waals surface area contributed by atoms with E-state index in [2.05, 4.69) is 29.8 Å². The summed E-state index contributed by atoms with van der Waals surface area (Å²) in [4.78, 5) is 24.9. The second-order valence-electron chi connectivity index (χ2n) is 7.19. The van der Waals surface area contributed by atoms with Gasteiger partial charge < -0.3 is 0 Å². The molecule has 0 amide bonds. The van der Waals surface area contributed by atoms with E-state index in [1.54, 1.807) is 6.08 Å². The van der Waals surface area contributed by atoms with Crippen LogP contribution in [0.4, 0.5) is 0 Å². The summed E-state index contributed by atoms with van der Waals surface area (Å²) in [5.74, 6) is 0.0788. The molecule has 142 valence electrons. The van der Waals surface area contributed by atoms with Crippen LogP contribution in [0, 0.1) is 0 Å². The van der Waals surface area contributed by atoms with Gasteiger partial charge in [-0.3, -0.25) is 9.59 Å². The molecule has 0 aromatic rings. The van der Waals surface area contributed by atoms with Crippen molar-refractivity contribution in [3.63, 3.8) is 0 Å². The first-order chi connectivity index (χ1) is 12.1. The molecule has 1 aliphatic carbocycles. The largest absolute Gasteiger partial charge is 0.290 e. The molecule has 0 aromatic heterocycles. The molecule has 1 rings (SSSR count). The zero-order valence-electron chi connectivity index (χ0n) is 16.2. The first-order valence-corrected chi connectivity index (χ1v) is 11.1. The Morgan fingerprint density at radius 2 is 1.20 bits per heavy atom. The summed E-state index contributed by atoms with van der Waals surface area (Å²) in [5, 5.41) is 0. The van der Waals surface area contributed by atoms with E-state index in [1.165, 1.54) is 51.4 Å². The van der Waals surface area contributed by atoms with E-state index in [4.69, 9.17) is 0 Å². The number of Topliss-reactive ketones (excluding diaryl/α,β-unsaturated/α-hetero) is 1. The molecular weight excluding hydrogens is 376 g/mol. The molecule has 0 N–H and O–H groups in total. The van der Waals surface area contributed by atoms with Gasteiger partial charge in [-0.25, -0.2) is 0 Å². The zero-order chi connectivity index (χ0) is 18.5. The third-order valence-corrected chi connectivity index (χ3v) is 5.78. The van der Waals surface area contributed by atoms with Crippen LogP contribution < -0.4 is 0 Å². The summed E-state index contributed by atoms with van der Waals surface area (Å²) in [6.07, 6.45) is 17.4. The van der Waals surface area contributed by atoms with Crippen LogP contribution in [0.2, 0.25) is 0 Å². The fourth-order valence-electron chi connectivity index (χ4n) is 3.29. The van der Waals surface area contributed by atoms with Crippen LogP contribution in [0.15, 0.2) is 21.7 Å². The molecule has 0 unspecified atom stereocenters. The molecule has 25 heavy (non-hydrogen) atoms. The van der Waals surface area contributed by atoms with Crippen molar-refractivity contribution in [1.82, 2.24) is 0 Å². The minimum atomic E-state index is 0.0362. The Kier molecular flexibility index (Phi) is 12.1. The third kappa shape index (κ3) is 8.48. The smallest absolute Gasteiger partial charge is 0.196 e. The Morgan fingerprint density at radius 1 is 0.720 bits per heavy atom. The lowest BCUT2D eigenvalue weighted by atomic mass is 9.90. The number of carbonyl (C=O) groups is 2. The van der Waals surface area contributed by atoms with Crippen LogP contribution >= 0.6 is 15.9 Å². The van der Waals surface area contributed by atoms with E-state index in [0.29, 0.717) is 15.6 Å². The average molecular weight is 411 g/mol. The van der Waals surface area contributed by atoms with E-state index in [9.17, 15) is 9.59 Å². The topological polar surface area (TPSA) is 34.1 Å². The molecule has 0 saturated carbocycles. The lowest BCUT2D eigenvalue weighted by Crippen LogP contribution is -2.17. The SMILES string of the molecule is CCCCCCCCC1=CC(=O)C(CCCCCCCC)=C(Br)C1=O. The molecule has 0 fully saturated rings. The predicted octanol–water partition coefficient (Wildman–Crippen LogP) is 7.21. The summed E-state index contributed by atoms with van der Waals surface area (Å²) in [7, 11) is 0. The van der Waals surface area contributed by atoms with Gasteiger partial charge in [-0.1, -0.05) is 78.1 Å². The molecule has 2 nitrogen and oxygen atoms in total. The van der Waals surface area contributed by atoms with Gasteiger partial charge in [0.1, 0.15) is 0 Å². The maximum absolute atomic E-state index is 12.5. The molecule has 0 heterocycles. The highest BCUT2D eigenvalue weighted by molar-refractivity contribution is 9.12. The third-order valence-electron chi connectivity index (χ3n) is 4.94. The summed E-state index contributed by atoms with van der Waals surface area (Å²) in [6, 6.07) is 0. The number of hydrogen-bond donors (Lipinski definition) is 0. The molecule has 0 saturated heterocycles. The summed E-state index contributed by atoms with van der Waals surface area (Å²) in [5.41, 5.74) is 1.38. The van der Waals surface area contributed by atoms with Gasteiger partial charge in [0.05, 0.1) is 4.48 Å². The Labute approximate surface area is 162 Å². The van der Waals surface area contributed by atoms with Crippen molar-refractivity contribution in [2.75, 3.05) is 0 Å². The first-order valence-electron chi connectivity index (χ1n) is 10.3. The number of halogens is 1. The fourth-order valence-corrected chi connectivity index (χ4v) is 3.94. The first kappa shape index (κ1) is 22.3. The van der Waals surface area contributed by atoms with Crippen LogP contribution in [-0.4, -0.2) is 11.6 Å². The molecule has 3 heteroatoms. The van der Waals surface area contributed by atoms with Gasteiger partial charge in [0, 0.05) is 11.1 Å². The van der Waals surface area contributed by atoms with Gasteiger partial charge in [-0.15, -0.1) is 0 Å². The van der Waals surface area contributed by atoms with Crippen molar-refractivity contribution < 1.29 is 9.59 Å². The quantitative estimate of drug-likeness (QED) is 0.223. The summed E-state index contributed by atoms with van der Waals surface area (Å²) in [6.45, 7) is 4.42. The Balaban J connectivity index is 2.38. The number of unbranched alkanes of at least 4 members (excludes halogenated alkanes) is 10. The van der Waals surface area contributed by atoms with Gasteiger partial charge >= 0.3 is 0 Å².